The lowest BCUT2D eigenvalue weighted by molar-refractivity contribution is 0.110. The Hall–Kier alpha value is -0.590. The van der Waals surface area contributed by atoms with E-state index in [2.05, 4.69) is 19.9 Å². The molecule has 3 heteroatoms. The van der Waals surface area contributed by atoms with Crippen LogP contribution in [0.3, 0.4) is 0 Å². The third-order valence-corrected chi connectivity index (χ3v) is 3.02. The molecule has 0 aromatic carbocycles. The van der Waals surface area contributed by atoms with Crippen molar-refractivity contribution >= 4 is 0 Å². The van der Waals surface area contributed by atoms with E-state index in [0.717, 1.165) is 25.9 Å². The highest BCUT2D eigenvalue weighted by atomic mass is 15.4. The van der Waals surface area contributed by atoms with Crippen molar-refractivity contribution in [3.8, 4) is 6.07 Å². The van der Waals surface area contributed by atoms with Crippen molar-refractivity contribution in [1.82, 2.24) is 5.01 Å². The lowest BCUT2D eigenvalue weighted by Gasteiger charge is -2.37. The van der Waals surface area contributed by atoms with Crippen molar-refractivity contribution in [3.05, 3.63) is 0 Å². The standard InChI is InChI=1S/C9H17N3/c1-8(2)9(7-10)3-5-12(11)6-4-9/h8H,3-6,11H2,1-2H3. The summed E-state index contributed by atoms with van der Waals surface area (Å²) in [5.74, 6) is 6.08. The molecule has 1 fully saturated rings. The monoisotopic (exact) mass is 167 g/mol. The molecule has 0 radical (unpaired) electrons. The van der Waals surface area contributed by atoms with Crippen LogP contribution >= 0.6 is 0 Å². The first-order chi connectivity index (χ1) is 5.60. The molecule has 68 valence electrons. The van der Waals surface area contributed by atoms with Gasteiger partial charge in [-0.1, -0.05) is 13.8 Å². The first-order valence-electron chi connectivity index (χ1n) is 4.51. The number of hydrogen-bond acceptors (Lipinski definition) is 3. The summed E-state index contributed by atoms with van der Waals surface area (Å²) in [6.07, 6.45) is 1.83. The Morgan fingerprint density at radius 2 is 1.92 bits per heavy atom. The topological polar surface area (TPSA) is 53.0 Å². The van der Waals surface area contributed by atoms with Crippen molar-refractivity contribution in [2.24, 2.45) is 17.2 Å². The largest absolute Gasteiger partial charge is 0.269 e. The molecular weight excluding hydrogens is 150 g/mol. The zero-order chi connectivity index (χ0) is 9.19. The Bertz CT molecular complexity index is 184. The van der Waals surface area contributed by atoms with Crippen LogP contribution < -0.4 is 5.84 Å². The second kappa shape index (κ2) is 3.42. The van der Waals surface area contributed by atoms with Crippen LogP contribution in [0.25, 0.3) is 0 Å². The summed E-state index contributed by atoms with van der Waals surface area (Å²) in [4.78, 5) is 0. The summed E-state index contributed by atoms with van der Waals surface area (Å²) in [6, 6.07) is 2.46. The maximum Gasteiger partial charge on any atom is 0.0693 e. The fourth-order valence-corrected chi connectivity index (χ4v) is 1.74. The van der Waals surface area contributed by atoms with Crippen molar-refractivity contribution in [2.75, 3.05) is 13.1 Å². The summed E-state index contributed by atoms with van der Waals surface area (Å²) in [5.41, 5.74) is -0.115. The maximum absolute atomic E-state index is 9.09. The van der Waals surface area contributed by atoms with Gasteiger partial charge in [0.15, 0.2) is 0 Å². The first-order valence-corrected chi connectivity index (χ1v) is 4.51. The van der Waals surface area contributed by atoms with E-state index >= 15 is 0 Å². The molecule has 3 nitrogen and oxygen atoms in total. The number of nitrogens with two attached hydrogens (primary N) is 1. The number of piperidine rings is 1. The zero-order valence-electron chi connectivity index (χ0n) is 7.88. The fraction of sp³-hybridized carbons (Fsp3) is 0.889. The molecule has 1 saturated heterocycles. The molecule has 0 aromatic heterocycles. The van der Waals surface area contributed by atoms with E-state index in [9.17, 15) is 0 Å². The average Bonchev–Trinajstić information content (AvgIpc) is 2.06. The van der Waals surface area contributed by atoms with Crippen LogP contribution in [-0.4, -0.2) is 18.1 Å². The molecule has 12 heavy (non-hydrogen) atoms. The molecule has 1 aliphatic rings. The maximum atomic E-state index is 9.09. The van der Waals surface area contributed by atoms with Crippen molar-refractivity contribution in [3.63, 3.8) is 0 Å². The van der Waals surface area contributed by atoms with Crippen LogP contribution in [0.4, 0.5) is 0 Å². The minimum Gasteiger partial charge on any atom is -0.269 e. The van der Waals surface area contributed by atoms with Crippen LogP contribution in [-0.2, 0) is 0 Å². The van der Waals surface area contributed by atoms with E-state index in [1.165, 1.54) is 0 Å². The second-order valence-corrected chi connectivity index (χ2v) is 3.96. The predicted molar refractivity (Wildman–Crippen MR) is 47.9 cm³/mol. The number of nitriles is 1. The molecule has 1 aliphatic heterocycles. The SMILES string of the molecule is CC(C)C1(C#N)CCN(N)CC1. The van der Waals surface area contributed by atoms with E-state index in [-0.39, 0.29) is 5.41 Å². The minimum atomic E-state index is -0.115. The van der Waals surface area contributed by atoms with Gasteiger partial charge < -0.3 is 0 Å². The van der Waals surface area contributed by atoms with Gasteiger partial charge in [0.2, 0.25) is 0 Å². The van der Waals surface area contributed by atoms with Gasteiger partial charge in [-0.2, -0.15) is 5.26 Å². The molecule has 2 N–H and O–H groups in total. The van der Waals surface area contributed by atoms with Crippen molar-refractivity contribution < 1.29 is 0 Å². The molecule has 1 rings (SSSR count). The highest BCUT2D eigenvalue weighted by Crippen LogP contribution is 2.37. The summed E-state index contributed by atoms with van der Waals surface area (Å²) < 4.78 is 0. The summed E-state index contributed by atoms with van der Waals surface area (Å²) in [5, 5.41) is 10.9. The van der Waals surface area contributed by atoms with Gasteiger partial charge in [0.25, 0.3) is 0 Å². The predicted octanol–water partition coefficient (Wildman–Crippen LogP) is 1.12. The number of rotatable bonds is 1. The van der Waals surface area contributed by atoms with E-state index < -0.39 is 0 Å². The van der Waals surface area contributed by atoms with Crippen molar-refractivity contribution in [1.29, 1.82) is 5.26 Å². The van der Waals surface area contributed by atoms with Crippen LogP contribution in [0.5, 0.6) is 0 Å². The Morgan fingerprint density at radius 3 is 2.25 bits per heavy atom. The normalized spacial score (nSPS) is 23.9. The number of hydrazine groups is 1. The molecule has 1 heterocycles. The van der Waals surface area contributed by atoms with E-state index in [4.69, 9.17) is 11.1 Å². The summed E-state index contributed by atoms with van der Waals surface area (Å²) in [7, 11) is 0. The quantitative estimate of drug-likeness (QED) is 0.595. The lowest BCUT2D eigenvalue weighted by Crippen LogP contribution is -2.45. The molecule has 0 aliphatic carbocycles. The van der Waals surface area contributed by atoms with Gasteiger partial charge in [-0.3, -0.25) is 5.84 Å². The second-order valence-electron chi connectivity index (χ2n) is 3.96. The zero-order valence-corrected chi connectivity index (χ0v) is 7.88. The van der Waals surface area contributed by atoms with Gasteiger partial charge in [-0.25, -0.2) is 5.01 Å². The minimum absolute atomic E-state index is 0.115. The van der Waals surface area contributed by atoms with E-state index in [1.54, 1.807) is 5.01 Å². The fourth-order valence-electron chi connectivity index (χ4n) is 1.74. The number of nitrogens with zero attached hydrogens (tertiary/aromatic N) is 2. The van der Waals surface area contributed by atoms with Gasteiger partial charge in [-0.05, 0) is 18.8 Å². The molecule has 0 amide bonds. The molecule has 0 saturated carbocycles. The third-order valence-electron chi connectivity index (χ3n) is 3.02. The Balaban J connectivity index is 2.65. The smallest absolute Gasteiger partial charge is 0.0693 e. The van der Waals surface area contributed by atoms with E-state index in [1.807, 2.05) is 0 Å². The molecule has 0 aromatic rings. The van der Waals surface area contributed by atoms with Crippen molar-refractivity contribution in [2.45, 2.75) is 26.7 Å². The van der Waals surface area contributed by atoms with Crippen LogP contribution in [0, 0.1) is 22.7 Å². The summed E-state index contributed by atoms with van der Waals surface area (Å²) >= 11 is 0. The Labute approximate surface area is 74.1 Å². The highest BCUT2D eigenvalue weighted by molar-refractivity contribution is 5.03. The van der Waals surface area contributed by atoms with Crippen LogP contribution in [0.1, 0.15) is 26.7 Å². The first kappa shape index (κ1) is 9.50. The summed E-state index contributed by atoms with van der Waals surface area (Å²) in [6.45, 7) is 5.95. The molecular formula is C9H17N3. The van der Waals surface area contributed by atoms with Crippen LogP contribution in [0.2, 0.25) is 0 Å². The van der Waals surface area contributed by atoms with Gasteiger partial charge in [0.05, 0.1) is 11.5 Å². The van der Waals surface area contributed by atoms with Gasteiger partial charge in [-0.15, -0.1) is 0 Å². The lowest BCUT2D eigenvalue weighted by atomic mass is 9.71. The van der Waals surface area contributed by atoms with Gasteiger partial charge >= 0.3 is 0 Å². The third kappa shape index (κ3) is 1.60. The van der Waals surface area contributed by atoms with E-state index in [0.29, 0.717) is 5.92 Å². The van der Waals surface area contributed by atoms with Gasteiger partial charge in [0, 0.05) is 13.1 Å². The Kier molecular flexibility index (Phi) is 2.71. The molecule has 0 atom stereocenters. The Morgan fingerprint density at radius 1 is 1.42 bits per heavy atom. The highest BCUT2D eigenvalue weighted by Gasteiger charge is 2.36. The molecule has 0 spiro atoms. The number of hydrogen-bond donors (Lipinski definition) is 1. The average molecular weight is 167 g/mol. The van der Waals surface area contributed by atoms with Gasteiger partial charge in [0.1, 0.15) is 0 Å². The molecule has 0 bridgehead atoms. The van der Waals surface area contributed by atoms with Crippen LogP contribution in [0.15, 0.2) is 0 Å². The molecule has 0 unspecified atom stereocenters.